The van der Waals surface area contributed by atoms with Gasteiger partial charge in [-0.1, -0.05) is 0 Å². The van der Waals surface area contributed by atoms with E-state index < -0.39 is 5.97 Å². The van der Waals surface area contributed by atoms with E-state index in [1.165, 1.54) is 6.92 Å². The maximum absolute atomic E-state index is 10.1. The Hall–Kier alpha value is -1.07. The van der Waals surface area contributed by atoms with Crippen LogP contribution in [0.5, 0.6) is 0 Å². The fraction of sp³-hybridized carbons (Fsp3) is 0.700. The summed E-state index contributed by atoms with van der Waals surface area (Å²) >= 11 is 0. The Bertz CT molecular complexity index is 175. The van der Waals surface area contributed by atoms with Crippen molar-refractivity contribution in [1.82, 2.24) is 0 Å². The van der Waals surface area contributed by atoms with E-state index in [1.54, 1.807) is 0 Å². The molecule has 0 amide bonds. The Morgan fingerprint density at radius 1 is 1.33 bits per heavy atom. The minimum absolute atomic E-state index is 0.108. The lowest BCUT2D eigenvalue weighted by Crippen LogP contribution is -1.99. The Morgan fingerprint density at radius 3 is 2.13 bits per heavy atom. The fourth-order valence-electron chi connectivity index (χ4n) is 0.491. The zero-order valence-electron chi connectivity index (χ0n) is 9.52. The maximum Gasteiger partial charge on any atom is 0.334 e. The second kappa shape index (κ2) is 12.9. The van der Waals surface area contributed by atoms with Gasteiger partial charge in [-0.3, -0.25) is 0 Å². The molecule has 2 N–H and O–H groups in total. The molecule has 0 radical (unpaired) electrons. The highest BCUT2D eigenvalue weighted by atomic mass is 16.5. The van der Waals surface area contributed by atoms with Crippen LogP contribution in [0.2, 0.25) is 0 Å². The summed E-state index contributed by atoms with van der Waals surface area (Å²) in [5, 5.41) is 16.5. The van der Waals surface area contributed by atoms with Crippen LogP contribution in [0, 0.1) is 0 Å². The van der Waals surface area contributed by atoms with Gasteiger partial charge in [0.2, 0.25) is 0 Å². The van der Waals surface area contributed by atoms with E-state index in [-0.39, 0.29) is 18.8 Å². The molecule has 0 aromatic rings. The van der Waals surface area contributed by atoms with Crippen LogP contribution in [0.4, 0.5) is 0 Å². The lowest BCUT2D eigenvalue weighted by atomic mass is 10.3. The minimum atomic E-state index is -1.02. The summed E-state index contributed by atoms with van der Waals surface area (Å²) in [5.41, 5.74) is 0.119. The molecule has 0 aliphatic carbocycles. The fourth-order valence-corrected chi connectivity index (χ4v) is 0.491. The molecule has 0 aromatic carbocycles. The van der Waals surface area contributed by atoms with Gasteiger partial charge in [0, 0.05) is 13.2 Å². The quantitative estimate of drug-likeness (QED) is 0.397. The summed E-state index contributed by atoms with van der Waals surface area (Å²) in [4.78, 5) is 10.1. The molecule has 5 nitrogen and oxygen atoms in total. The van der Waals surface area contributed by atoms with E-state index in [0.29, 0.717) is 0 Å². The second-order valence-electron chi connectivity index (χ2n) is 2.48. The van der Waals surface area contributed by atoms with Crippen molar-refractivity contribution >= 4 is 5.97 Å². The van der Waals surface area contributed by atoms with Gasteiger partial charge in [0.05, 0.1) is 18.4 Å². The van der Waals surface area contributed by atoms with Crippen molar-refractivity contribution in [3.63, 3.8) is 0 Å². The molecule has 0 aliphatic heterocycles. The van der Waals surface area contributed by atoms with Crippen LogP contribution in [-0.2, 0) is 14.3 Å². The Balaban J connectivity index is 0. The molecule has 15 heavy (non-hydrogen) atoms. The van der Waals surface area contributed by atoms with Crippen molar-refractivity contribution in [2.75, 3.05) is 26.4 Å². The molecule has 0 atom stereocenters. The number of aliphatic hydroxyl groups is 1. The highest BCUT2D eigenvalue weighted by Gasteiger charge is 1.97. The summed E-state index contributed by atoms with van der Waals surface area (Å²) in [6.07, 6.45) is 1.11. The molecule has 90 valence electrons. The van der Waals surface area contributed by atoms with E-state index in [0.717, 1.165) is 19.5 Å². The van der Waals surface area contributed by atoms with Crippen molar-refractivity contribution < 1.29 is 24.5 Å². The zero-order valence-corrected chi connectivity index (χ0v) is 9.52. The molecule has 0 spiro atoms. The van der Waals surface area contributed by atoms with Gasteiger partial charge in [0.15, 0.2) is 0 Å². The molecule has 0 saturated carbocycles. The van der Waals surface area contributed by atoms with E-state index in [2.05, 4.69) is 4.74 Å². The van der Waals surface area contributed by atoms with Crippen LogP contribution >= 0.6 is 0 Å². The van der Waals surface area contributed by atoms with Crippen molar-refractivity contribution in [3.8, 4) is 0 Å². The highest BCUT2D eigenvalue weighted by molar-refractivity contribution is 5.85. The van der Waals surface area contributed by atoms with Crippen molar-refractivity contribution in [1.29, 1.82) is 0 Å². The van der Waals surface area contributed by atoms with Gasteiger partial charge in [0.25, 0.3) is 0 Å². The summed E-state index contributed by atoms with van der Waals surface area (Å²) in [6.45, 7) is 7.10. The molecule has 0 rings (SSSR count). The third-order valence-electron chi connectivity index (χ3n) is 1.21. The summed E-state index contributed by atoms with van der Waals surface area (Å²) in [6, 6.07) is 0. The first-order valence-corrected chi connectivity index (χ1v) is 4.80. The van der Waals surface area contributed by atoms with E-state index in [9.17, 15) is 4.79 Å². The molecule has 0 aliphatic rings. The molecule has 0 fully saturated rings. The molecular formula is C10H20O5. The Morgan fingerprint density at radius 2 is 1.87 bits per heavy atom. The van der Waals surface area contributed by atoms with Crippen LogP contribution in [0.25, 0.3) is 0 Å². The number of aliphatic hydroxyl groups excluding tert-OH is 1. The van der Waals surface area contributed by atoms with Crippen molar-refractivity contribution in [2.45, 2.75) is 20.8 Å². The van der Waals surface area contributed by atoms with E-state index in [4.69, 9.17) is 14.9 Å². The normalized spacial score (nSPS) is 10.3. The summed E-state index contributed by atoms with van der Waals surface area (Å²) in [7, 11) is 0. The second-order valence-corrected chi connectivity index (χ2v) is 2.48. The standard InChI is InChI=1S/C6H10O4.C4H10O/c1-5(6(8)9)4-10-3-2-7;1-3-5-4-2/h4,7H,2-3H2,1H3,(H,8,9);3-4H2,1-2H3. The minimum Gasteiger partial charge on any atom is -0.498 e. The van der Waals surface area contributed by atoms with Gasteiger partial charge in [0.1, 0.15) is 6.61 Å². The average molecular weight is 220 g/mol. The lowest BCUT2D eigenvalue weighted by molar-refractivity contribution is -0.132. The topological polar surface area (TPSA) is 76.0 Å². The highest BCUT2D eigenvalue weighted by Crippen LogP contribution is 1.91. The van der Waals surface area contributed by atoms with Crippen LogP contribution < -0.4 is 0 Å². The third kappa shape index (κ3) is 15.7. The number of rotatable bonds is 6. The first-order valence-electron chi connectivity index (χ1n) is 4.80. The number of carboxylic acids is 1. The monoisotopic (exact) mass is 220 g/mol. The average Bonchev–Trinajstić information content (AvgIpc) is 2.20. The number of hydrogen-bond acceptors (Lipinski definition) is 4. The van der Waals surface area contributed by atoms with Gasteiger partial charge in [-0.2, -0.15) is 0 Å². The van der Waals surface area contributed by atoms with Gasteiger partial charge in [-0.25, -0.2) is 4.79 Å². The SMILES string of the molecule is CC(=COCCO)C(=O)O.CCOCC. The molecule has 0 heterocycles. The van der Waals surface area contributed by atoms with Crippen LogP contribution in [0.1, 0.15) is 20.8 Å². The van der Waals surface area contributed by atoms with Crippen molar-refractivity contribution in [3.05, 3.63) is 11.8 Å². The van der Waals surface area contributed by atoms with E-state index >= 15 is 0 Å². The predicted molar refractivity (Wildman–Crippen MR) is 56.6 cm³/mol. The van der Waals surface area contributed by atoms with Crippen LogP contribution in [0.15, 0.2) is 11.8 Å². The van der Waals surface area contributed by atoms with Gasteiger partial charge < -0.3 is 19.7 Å². The maximum atomic E-state index is 10.1. The molecule has 0 unspecified atom stereocenters. The summed E-state index contributed by atoms with van der Waals surface area (Å²) in [5.74, 6) is -1.02. The van der Waals surface area contributed by atoms with Gasteiger partial charge in [-0.05, 0) is 20.8 Å². The Labute approximate surface area is 90.3 Å². The van der Waals surface area contributed by atoms with Gasteiger partial charge >= 0.3 is 5.97 Å². The third-order valence-corrected chi connectivity index (χ3v) is 1.21. The smallest absolute Gasteiger partial charge is 0.334 e. The van der Waals surface area contributed by atoms with Crippen molar-refractivity contribution in [2.24, 2.45) is 0 Å². The lowest BCUT2D eigenvalue weighted by Gasteiger charge is -1.96. The molecule has 0 bridgehead atoms. The molecular weight excluding hydrogens is 200 g/mol. The largest absolute Gasteiger partial charge is 0.498 e. The Kier molecular flexibility index (Phi) is 14.1. The van der Waals surface area contributed by atoms with Crippen LogP contribution in [0.3, 0.4) is 0 Å². The number of hydrogen-bond donors (Lipinski definition) is 2. The molecule has 5 heteroatoms. The van der Waals surface area contributed by atoms with Gasteiger partial charge in [-0.15, -0.1) is 0 Å². The first-order chi connectivity index (χ1) is 7.09. The number of aliphatic carboxylic acids is 1. The number of carboxylic acid groups (broad SMARTS) is 1. The number of ether oxygens (including phenoxy) is 2. The van der Waals surface area contributed by atoms with Crippen LogP contribution in [-0.4, -0.2) is 42.6 Å². The number of carbonyl (C=O) groups is 1. The molecule has 0 saturated heterocycles. The predicted octanol–water partition coefficient (Wildman–Crippen LogP) is 1.03. The zero-order chi connectivity index (χ0) is 12.1. The van der Waals surface area contributed by atoms with E-state index in [1.807, 2.05) is 13.8 Å². The summed E-state index contributed by atoms with van der Waals surface area (Å²) < 4.78 is 9.45. The molecule has 0 aromatic heterocycles. The first kappa shape index (κ1) is 16.4.